The summed E-state index contributed by atoms with van der Waals surface area (Å²) in [5.41, 5.74) is 6.40. The van der Waals surface area contributed by atoms with Gasteiger partial charge in [-0.15, -0.1) is 33.3 Å². The van der Waals surface area contributed by atoms with E-state index in [1.165, 1.54) is 35.3 Å². The van der Waals surface area contributed by atoms with Crippen LogP contribution in [0.1, 0.15) is 19.5 Å². The second-order valence-corrected chi connectivity index (χ2v) is 12.1. The van der Waals surface area contributed by atoms with Gasteiger partial charge in [-0.2, -0.15) is 0 Å². The van der Waals surface area contributed by atoms with Gasteiger partial charge in [0.05, 0.1) is 0 Å². The number of aromatic hydroxyl groups is 2. The number of aliphatic carboxylic acids is 1. The SMILES string of the molecule is CC(C)ON=C(C(=O)N[C@@H]1C(=O)N2C(C(=O)O)=C(CSc3nnc(-c4ccc(O)c(O)c4)o3)CS[C@@H]12)c1csc(N)n1. The molecular weight excluding hydrogens is 611 g/mol. The highest BCUT2D eigenvalue weighted by atomic mass is 32.2. The van der Waals surface area contributed by atoms with E-state index in [1.807, 2.05) is 0 Å². The third kappa shape index (κ3) is 5.86. The minimum Gasteiger partial charge on any atom is -0.504 e. The zero-order valence-electron chi connectivity index (χ0n) is 21.9. The van der Waals surface area contributed by atoms with Crippen LogP contribution in [-0.2, 0) is 19.2 Å². The molecule has 15 nitrogen and oxygen atoms in total. The number of carboxylic acids is 1. The molecule has 1 saturated heterocycles. The van der Waals surface area contributed by atoms with E-state index in [0.717, 1.165) is 28.0 Å². The molecule has 1 aromatic carbocycles. The molecule has 4 heterocycles. The molecule has 0 unspecified atom stereocenters. The van der Waals surface area contributed by atoms with Crippen molar-refractivity contribution in [2.45, 2.75) is 36.6 Å². The van der Waals surface area contributed by atoms with Crippen LogP contribution in [0.4, 0.5) is 5.13 Å². The highest BCUT2D eigenvalue weighted by Gasteiger charge is 2.54. The average molecular weight is 634 g/mol. The van der Waals surface area contributed by atoms with Gasteiger partial charge in [-0.05, 0) is 37.6 Å². The molecule has 18 heteroatoms. The van der Waals surface area contributed by atoms with Gasteiger partial charge in [0.2, 0.25) is 5.89 Å². The maximum atomic E-state index is 13.1. The van der Waals surface area contributed by atoms with Crippen molar-refractivity contribution in [3.63, 3.8) is 0 Å². The van der Waals surface area contributed by atoms with Gasteiger partial charge in [0.1, 0.15) is 28.9 Å². The molecule has 6 N–H and O–H groups in total. The van der Waals surface area contributed by atoms with Crippen LogP contribution in [0.2, 0.25) is 0 Å². The van der Waals surface area contributed by atoms with E-state index in [-0.39, 0.29) is 62.5 Å². The largest absolute Gasteiger partial charge is 0.504 e. The minimum atomic E-state index is -1.29. The number of β-lactam (4-membered cyclic amide) rings is 1. The van der Waals surface area contributed by atoms with Crippen LogP contribution in [0.25, 0.3) is 11.5 Å². The summed E-state index contributed by atoms with van der Waals surface area (Å²) in [5, 5.41) is 44.8. The number of aromatic nitrogens is 3. The number of carboxylic acid groups (broad SMARTS) is 1. The molecule has 2 aromatic heterocycles. The van der Waals surface area contributed by atoms with Crippen LogP contribution in [0, 0.1) is 0 Å². The smallest absolute Gasteiger partial charge is 0.352 e. The number of nitrogens with one attached hydrogen (secondary N) is 1. The summed E-state index contributed by atoms with van der Waals surface area (Å²) in [6.45, 7) is 3.46. The Hall–Kier alpha value is -4.29. The number of hydrogen-bond acceptors (Lipinski definition) is 15. The second-order valence-electron chi connectivity index (χ2n) is 9.15. The predicted octanol–water partition coefficient (Wildman–Crippen LogP) is 1.85. The highest BCUT2D eigenvalue weighted by molar-refractivity contribution is 8.01. The number of hydrogen-bond donors (Lipinski definition) is 5. The maximum absolute atomic E-state index is 13.1. The van der Waals surface area contributed by atoms with Crippen molar-refractivity contribution in [1.29, 1.82) is 0 Å². The van der Waals surface area contributed by atoms with Crippen molar-refractivity contribution in [2.24, 2.45) is 5.16 Å². The van der Waals surface area contributed by atoms with E-state index in [2.05, 4.69) is 25.7 Å². The number of oxime groups is 1. The Morgan fingerprint density at radius 3 is 2.76 bits per heavy atom. The summed E-state index contributed by atoms with van der Waals surface area (Å²) in [7, 11) is 0. The summed E-state index contributed by atoms with van der Waals surface area (Å²) < 4.78 is 5.60. The van der Waals surface area contributed by atoms with Crippen molar-refractivity contribution in [1.82, 2.24) is 25.4 Å². The number of phenolic OH excluding ortho intramolecular Hbond substituents is 2. The zero-order valence-corrected chi connectivity index (χ0v) is 24.3. The van der Waals surface area contributed by atoms with E-state index in [4.69, 9.17) is 15.0 Å². The number of thiazole rings is 1. The van der Waals surface area contributed by atoms with Crippen molar-refractivity contribution >= 4 is 63.5 Å². The van der Waals surface area contributed by atoms with Crippen molar-refractivity contribution in [2.75, 3.05) is 17.2 Å². The fraction of sp³-hybridized carbons (Fsp3) is 0.292. The van der Waals surface area contributed by atoms with Gasteiger partial charge >= 0.3 is 5.97 Å². The third-order valence-corrected chi connectivity index (χ3v) is 8.79. The molecule has 0 aliphatic carbocycles. The fourth-order valence-electron chi connectivity index (χ4n) is 3.95. The summed E-state index contributed by atoms with van der Waals surface area (Å²) >= 11 is 3.49. The number of thioether (sulfide) groups is 2. The number of nitrogens with two attached hydrogens (primary N) is 1. The van der Waals surface area contributed by atoms with Gasteiger partial charge in [-0.3, -0.25) is 14.5 Å². The molecule has 0 spiro atoms. The molecule has 2 amide bonds. The predicted molar refractivity (Wildman–Crippen MR) is 153 cm³/mol. The number of rotatable bonds is 10. The molecular formula is C24H23N7O8S3. The lowest BCUT2D eigenvalue weighted by Crippen LogP contribution is -2.71. The maximum Gasteiger partial charge on any atom is 0.352 e. The van der Waals surface area contributed by atoms with Crippen LogP contribution in [0.3, 0.4) is 0 Å². The molecule has 0 saturated carbocycles. The van der Waals surface area contributed by atoms with Gasteiger partial charge < -0.3 is 35.6 Å². The fourth-order valence-corrected chi connectivity index (χ4v) is 6.75. The molecule has 0 bridgehead atoms. The molecule has 2 atom stereocenters. The Morgan fingerprint density at radius 1 is 1.31 bits per heavy atom. The van der Waals surface area contributed by atoms with Crippen molar-refractivity contribution < 1.29 is 39.0 Å². The van der Waals surface area contributed by atoms with Crippen LogP contribution < -0.4 is 11.1 Å². The summed E-state index contributed by atoms with van der Waals surface area (Å²) in [6.07, 6.45) is -0.321. The lowest BCUT2D eigenvalue weighted by molar-refractivity contribution is -0.150. The summed E-state index contributed by atoms with van der Waals surface area (Å²) in [6, 6.07) is 3.04. The minimum absolute atomic E-state index is 0.0943. The molecule has 0 radical (unpaired) electrons. The van der Waals surface area contributed by atoms with Crippen molar-refractivity contribution in [3.05, 3.63) is 40.5 Å². The number of carbonyl (C=O) groups excluding carboxylic acids is 2. The first-order valence-electron chi connectivity index (χ1n) is 12.2. The number of fused-ring (bicyclic) bond motifs is 1. The first kappa shape index (κ1) is 29.2. The van der Waals surface area contributed by atoms with Gasteiger partial charge in [-0.1, -0.05) is 16.9 Å². The van der Waals surface area contributed by atoms with Gasteiger partial charge in [0, 0.05) is 22.4 Å². The van der Waals surface area contributed by atoms with E-state index >= 15 is 0 Å². The summed E-state index contributed by atoms with van der Waals surface area (Å²) in [4.78, 5) is 48.9. The number of nitrogens with zero attached hydrogens (tertiary/aromatic N) is 5. The van der Waals surface area contributed by atoms with Crippen LogP contribution >= 0.6 is 34.9 Å². The molecule has 1 fully saturated rings. The number of benzene rings is 1. The van der Waals surface area contributed by atoms with E-state index in [0.29, 0.717) is 11.1 Å². The van der Waals surface area contributed by atoms with E-state index in [9.17, 15) is 29.7 Å². The number of amides is 2. The van der Waals surface area contributed by atoms with Crippen LogP contribution in [-0.4, -0.2) is 87.9 Å². The topological polar surface area (TPSA) is 227 Å². The van der Waals surface area contributed by atoms with Gasteiger partial charge in [0.15, 0.2) is 22.3 Å². The number of nitrogen functional groups attached to an aromatic ring is 1. The lowest BCUT2D eigenvalue weighted by atomic mass is 10.0. The number of carbonyl (C=O) groups is 3. The first-order valence-corrected chi connectivity index (χ1v) is 15.1. The Bertz CT molecular complexity index is 1620. The van der Waals surface area contributed by atoms with Crippen molar-refractivity contribution in [3.8, 4) is 23.0 Å². The monoisotopic (exact) mass is 633 g/mol. The number of phenols is 2. The normalized spacial score (nSPS) is 18.6. The van der Waals surface area contributed by atoms with E-state index < -0.39 is 29.2 Å². The quantitative estimate of drug-likeness (QED) is 0.0706. The Morgan fingerprint density at radius 2 is 2.10 bits per heavy atom. The third-order valence-electron chi connectivity index (χ3n) is 5.87. The van der Waals surface area contributed by atoms with E-state index in [1.54, 1.807) is 13.8 Å². The Kier molecular flexibility index (Phi) is 8.28. The highest BCUT2D eigenvalue weighted by Crippen LogP contribution is 2.42. The lowest BCUT2D eigenvalue weighted by Gasteiger charge is -2.49. The Labute approximate surface area is 249 Å². The average Bonchev–Trinajstić information content (AvgIpc) is 3.60. The van der Waals surface area contributed by atoms with Gasteiger partial charge in [-0.25, -0.2) is 9.78 Å². The summed E-state index contributed by atoms with van der Waals surface area (Å²) in [5.74, 6) is -2.73. The molecule has 220 valence electrons. The van der Waals surface area contributed by atoms with Crippen LogP contribution in [0.5, 0.6) is 11.5 Å². The number of anilines is 1. The van der Waals surface area contributed by atoms with Gasteiger partial charge in [0.25, 0.3) is 17.0 Å². The molecule has 2 aliphatic rings. The molecule has 3 aromatic rings. The molecule has 42 heavy (non-hydrogen) atoms. The first-order chi connectivity index (χ1) is 20.0. The second kappa shape index (κ2) is 11.9. The zero-order chi connectivity index (χ0) is 30.1. The standard InChI is InChI=1S/C24H23N7O8S3/c1-9(2)39-30-15(12-8-41-23(25)26-12)18(34)27-16-20(35)31-17(22(36)37)11(6-40-21(16)31)7-42-24-29-28-19(38-24)10-3-4-13(32)14(33)5-10/h3-5,8-9,16,21,32-33H,6-7H2,1-2H3,(H2,25,26)(H,27,34)(H,36,37)/t16-,21+/m1/s1. The Balaban J connectivity index is 1.28. The molecule has 2 aliphatic heterocycles. The van der Waals surface area contributed by atoms with Crippen LogP contribution in [0.15, 0.2) is 49.6 Å². The molecule has 5 rings (SSSR count).